The van der Waals surface area contributed by atoms with Crippen molar-refractivity contribution in [3.63, 3.8) is 0 Å². The second-order valence-electron chi connectivity index (χ2n) is 4.49. The smallest absolute Gasteiger partial charge is 0.418 e. The lowest BCUT2D eigenvalue weighted by Gasteiger charge is -2.22. The van der Waals surface area contributed by atoms with Crippen LogP contribution in [0.2, 0.25) is 0 Å². The van der Waals surface area contributed by atoms with Gasteiger partial charge in [-0.05, 0) is 27.7 Å². The summed E-state index contributed by atoms with van der Waals surface area (Å²) in [5.41, 5.74) is -0.605. The monoisotopic (exact) mass is 224 g/mol. The molecular weight excluding hydrogens is 208 g/mol. The summed E-state index contributed by atoms with van der Waals surface area (Å²) in [6.45, 7) is 7.17. The fourth-order valence-electron chi connectivity index (χ4n) is 1.27. The van der Waals surface area contributed by atoms with E-state index in [2.05, 4.69) is 17.2 Å². The summed E-state index contributed by atoms with van der Waals surface area (Å²) in [4.78, 5) is 24.1. The van der Waals surface area contributed by atoms with Gasteiger partial charge in [-0.3, -0.25) is 0 Å². The van der Waals surface area contributed by atoms with E-state index in [0.29, 0.717) is 0 Å². The van der Waals surface area contributed by atoms with Crippen molar-refractivity contribution in [2.75, 3.05) is 6.54 Å². The number of nitrogens with one attached hydrogen (secondary N) is 1. The van der Waals surface area contributed by atoms with E-state index in [4.69, 9.17) is 4.74 Å². The number of carbonyl (C=O) groups excluding carboxylic acids is 2. The van der Waals surface area contributed by atoms with E-state index >= 15 is 0 Å². The Kier molecular flexibility index (Phi) is 3.43. The Bertz CT molecular complexity index is 360. The third kappa shape index (κ3) is 3.16. The second kappa shape index (κ2) is 4.44. The number of urea groups is 1. The Morgan fingerprint density at radius 2 is 2.19 bits per heavy atom. The lowest BCUT2D eigenvalue weighted by atomic mass is 10.2. The maximum Gasteiger partial charge on any atom is 0.418 e. The lowest BCUT2D eigenvalue weighted by Crippen LogP contribution is -2.38. The largest absolute Gasteiger partial charge is 0.443 e. The molecule has 1 atom stereocenters. The molecule has 0 saturated carbocycles. The van der Waals surface area contributed by atoms with Crippen molar-refractivity contribution >= 4 is 12.1 Å². The first-order valence-corrected chi connectivity index (χ1v) is 5.07. The Labute approximate surface area is 95.1 Å². The lowest BCUT2D eigenvalue weighted by molar-refractivity contribution is 0.0351. The van der Waals surface area contributed by atoms with E-state index < -0.39 is 17.7 Å². The molecule has 0 aliphatic carbocycles. The van der Waals surface area contributed by atoms with Gasteiger partial charge < -0.3 is 10.1 Å². The van der Waals surface area contributed by atoms with E-state index in [9.17, 15) is 9.59 Å². The summed E-state index contributed by atoms with van der Waals surface area (Å²) in [6, 6.07) is -0.757. The van der Waals surface area contributed by atoms with Crippen LogP contribution in [0.1, 0.15) is 27.7 Å². The molecule has 0 bridgehead atoms. The highest BCUT2D eigenvalue weighted by Crippen LogP contribution is 2.12. The molecule has 5 heteroatoms. The first-order chi connectivity index (χ1) is 7.33. The molecule has 0 aromatic rings. The van der Waals surface area contributed by atoms with Gasteiger partial charge in [0, 0.05) is 0 Å². The molecule has 5 nitrogen and oxygen atoms in total. The molecule has 1 rings (SSSR count). The van der Waals surface area contributed by atoms with Gasteiger partial charge in [-0.1, -0.05) is 5.92 Å². The maximum atomic E-state index is 11.6. The molecular formula is C11H16N2O3. The van der Waals surface area contributed by atoms with Crippen molar-refractivity contribution < 1.29 is 14.3 Å². The predicted octanol–water partition coefficient (Wildman–Crippen LogP) is 1.34. The minimum absolute atomic E-state index is 0.231. The predicted molar refractivity (Wildman–Crippen MR) is 58.7 cm³/mol. The molecule has 0 aromatic carbocycles. The van der Waals surface area contributed by atoms with E-state index in [0.717, 1.165) is 4.90 Å². The summed E-state index contributed by atoms with van der Waals surface area (Å²) in [6.07, 6.45) is -0.634. The highest BCUT2D eigenvalue weighted by Gasteiger charge is 2.35. The van der Waals surface area contributed by atoms with Gasteiger partial charge >= 0.3 is 12.1 Å². The van der Waals surface area contributed by atoms with E-state index in [1.54, 1.807) is 27.7 Å². The fourth-order valence-corrected chi connectivity index (χ4v) is 1.27. The number of ether oxygens (including phenoxy) is 1. The molecule has 3 amide bonds. The Balaban J connectivity index is 2.64. The molecule has 1 saturated heterocycles. The molecule has 16 heavy (non-hydrogen) atoms. The number of amides is 3. The molecule has 0 spiro atoms. The molecule has 1 aliphatic rings. The van der Waals surface area contributed by atoms with Crippen LogP contribution in [0.5, 0.6) is 0 Å². The Morgan fingerprint density at radius 1 is 1.56 bits per heavy atom. The summed E-state index contributed by atoms with van der Waals surface area (Å²) in [5, 5.41) is 2.58. The number of rotatable bonds is 0. The van der Waals surface area contributed by atoms with Crippen LogP contribution >= 0.6 is 0 Å². The van der Waals surface area contributed by atoms with Gasteiger partial charge in [0.1, 0.15) is 11.6 Å². The fraction of sp³-hybridized carbons (Fsp3) is 0.636. The molecule has 1 aliphatic heterocycles. The minimum Gasteiger partial charge on any atom is -0.443 e. The van der Waals surface area contributed by atoms with Crippen molar-refractivity contribution in [2.24, 2.45) is 0 Å². The Hall–Kier alpha value is -1.70. The zero-order chi connectivity index (χ0) is 12.3. The topological polar surface area (TPSA) is 58.6 Å². The SMILES string of the molecule is CC#CC1CN(C(=O)OC(C)(C)C)C(=O)N1. The first kappa shape index (κ1) is 12.4. The van der Waals surface area contributed by atoms with Crippen molar-refractivity contribution in [1.82, 2.24) is 10.2 Å². The molecule has 1 N–H and O–H groups in total. The zero-order valence-electron chi connectivity index (χ0n) is 9.96. The average molecular weight is 224 g/mol. The number of imide groups is 1. The van der Waals surface area contributed by atoms with Crippen molar-refractivity contribution in [1.29, 1.82) is 0 Å². The number of nitrogens with zero attached hydrogens (tertiary/aromatic N) is 1. The highest BCUT2D eigenvalue weighted by molar-refractivity contribution is 5.93. The second-order valence-corrected chi connectivity index (χ2v) is 4.49. The van der Waals surface area contributed by atoms with E-state index in [1.165, 1.54) is 0 Å². The van der Waals surface area contributed by atoms with Crippen LogP contribution in [0.15, 0.2) is 0 Å². The van der Waals surface area contributed by atoms with Crippen molar-refractivity contribution in [3.8, 4) is 11.8 Å². The van der Waals surface area contributed by atoms with Gasteiger partial charge in [-0.25, -0.2) is 14.5 Å². The highest BCUT2D eigenvalue weighted by atomic mass is 16.6. The summed E-state index contributed by atoms with van der Waals surface area (Å²) in [5.74, 6) is 5.49. The van der Waals surface area contributed by atoms with Gasteiger partial charge in [-0.15, -0.1) is 5.92 Å². The van der Waals surface area contributed by atoms with Crippen LogP contribution in [0.4, 0.5) is 9.59 Å². The van der Waals surface area contributed by atoms with E-state index in [1.807, 2.05) is 0 Å². The van der Waals surface area contributed by atoms with Crippen LogP contribution in [0.3, 0.4) is 0 Å². The molecule has 1 heterocycles. The van der Waals surface area contributed by atoms with Gasteiger partial charge in [0.25, 0.3) is 0 Å². The normalized spacial score (nSPS) is 19.9. The maximum absolute atomic E-state index is 11.6. The van der Waals surface area contributed by atoms with Crippen LogP contribution in [0, 0.1) is 11.8 Å². The number of hydrogen-bond acceptors (Lipinski definition) is 3. The number of hydrogen-bond donors (Lipinski definition) is 1. The molecule has 1 fully saturated rings. The summed E-state index contributed by atoms with van der Waals surface area (Å²) < 4.78 is 5.10. The number of carbonyl (C=O) groups is 2. The molecule has 0 aromatic heterocycles. The molecule has 1 unspecified atom stereocenters. The average Bonchev–Trinajstić information content (AvgIpc) is 2.44. The zero-order valence-corrected chi connectivity index (χ0v) is 9.96. The van der Waals surface area contributed by atoms with Gasteiger partial charge in [0.05, 0.1) is 6.54 Å². The van der Waals surface area contributed by atoms with Crippen LogP contribution in [-0.4, -0.2) is 35.2 Å². The third-order valence-electron chi connectivity index (χ3n) is 1.84. The van der Waals surface area contributed by atoms with Crippen LogP contribution in [-0.2, 0) is 4.74 Å². The standard InChI is InChI=1S/C11H16N2O3/c1-5-6-8-7-13(9(14)12-8)10(15)16-11(2,3)4/h8H,7H2,1-4H3,(H,12,14). The quantitative estimate of drug-likeness (QED) is 0.632. The third-order valence-corrected chi connectivity index (χ3v) is 1.84. The van der Waals surface area contributed by atoms with Crippen molar-refractivity contribution in [2.45, 2.75) is 39.3 Å². The van der Waals surface area contributed by atoms with Gasteiger partial charge in [0.15, 0.2) is 0 Å². The summed E-state index contributed by atoms with van der Waals surface area (Å²) >= 11 is 0. The van der Waals surface area contributed by atoms with Gasteiger partial charge in [-0.2, -0.15) is 0 Å². The van der Waals surface area contributed by atoms with Crippen LogP contribution in [0.25, 0.3) is 0 Å². The molecule has 88 valence electrons. The Morgan fingerprint density at radius 3 is 2.69 bits per heavy atom. The van der Waals surface area contributed by atoms with Crippen molar-refractivity contribution in [3.05, 3.63) is 0 Å². The summed E-state index contributed by atoms with van der Waals surface area (Å²) in [7, 11) is 0. The van der Waals surface area contributed by atoms with Gasteiger partial charge in [0.2, 0.25) is 0 Å². The molecule has 0 radical (unpaired) electrons. The van der Waals surface area contributed by atoms with Crippen LogP contribution < -0.4 is 5.32 Å². The minimum atomic E-state index is -0.634. The van der Waals surface area contributed by atoms with E-state index in [-0.39, 0.29) is 12.6 Å². The first-order valence-electron chi connectivity index (χ1n) is 5.07.